The van der Waals surface area contributed by atoms with Crippen molar-refractivity contribution in [1.82, 2.24) is 14.9 Å². The lowest BCUT2D eigenvalue weighted by atomic mass is 10.1. The second-order valence-corrected chi connectivity index (χ2v) is 8.48. The number of hydrogen-bond acceptors (Lipinski definition) is 6. The Labute approximate surface area is 193 Å². The first-order chi connectivity index (χ1) is 16.0. The Bertz CT molecular complexity index is 1200. The summed E-state index contributed by atoms with van der Waals surface area (Å²) in [5, 5.41) is 3.27. The van der Waals surface area contributed by atoms with Crippen LogP contribution in [0.1, 0.15) is 31.0 Å². The Morgan fingerprint density at radius 2 is 1.88 bits per heavy atom. The number of ether oxygens (including phenoxy) is 1. The molecule has 1 aromatic carbocycles. The van der Waals surface area contributed by atoms with Gasteiger partial charge in [-0.2, -0.15) is 0 Å². The first-order valence-electron chi connectivity index (χ1n) is 11.0. The van der Waals surface area contributed by atoms with Crippen molar-refractivity contribution in [2.75, 3.05) is 30.9 Å². The molecule has 1 atom stereocenters. The van der Waals surface area contributed by atoms with Gasteiger partial charge in [0.25, 0.3) is 5.91 Å². The number of benzene rings is 1. The molecule has 4 heterocycles. The number of fused-ring (bicyclic) bond motifs is 3. The van der Waals surface area contributed by atoms with Gasteiger partial charge in [0.15, 0.2) is 0 Å². The summed E-state index contributed by atoms with van der Waals surface area (Å²) in [5.41, 5.74) is 4.03. The van der Waals surface area contributed by atoms with Gasteiger partial charge in [-0.1, -0.05) is 12.1 Å². The minimum absolute atomic E-state index is 0. The minimum atomic E-state index is -0.0269. The average molecular weight is 446 g/mol. The molecular formula is C25H27N5O3. The smallest absolute Gasteiger partial charge is 0.253 e. The third kappa shape index (κ3) is 4.11. The van der Waals surface area contributed by atoms with Crippen molar-refractivity contribution >= 4 is 29.0 Å². The Morgan fingerprint density at radius 3 is 2.61 bits per heavy atom. The van der Waals surface area contributed by atoms with Gasteiger partial charge in [-0.25, -0.2) is 9.97 Å². The van der Waals surface area contributed by atoms with Gasteiger partial charge in [0.1, 0.15) is 11.5 Å². The molecule has 0 unspecified atom stereocenters. The van der Waals surface area contributed by atoms with Crippen molar-refractivity contribution in [3.63, 3.8) is 0 Å². The molecule has 1 fully saturated rings. The van der Waals surface area contributed by atoms with Crippen LogP contribution in [-0.2, 0) is 4.79 Å². The fourth-order valence-electron chi connectivity index (χ4n) is 4.28. The summed E-state index contributed by atoms with van der Waals surface area (Å²) in [6.45, 7) is 0.564. The highest BCUT2D eigenvalue weighted by Crippen LogP contribution is 2.38. The fraction of sp³-hybridized carbons (Fsp3) is 0.280. The van der Waals surface area contributed by atoms with Crippen molar-refractivity contribution in [3.8, 4) is 17.0 Å². The number of carbonyl (C=O) groups excluding carboxylic acids is 2. The maximum Gasteiger partial charge on any atom is 0.253 e. The molecule has 170 valence electrons. The summed E-state index contributed by atoms with van der Waals surface area (Å²) in [6.07, 6.45) is 5.71. The van der Waals surface area contributed by atoms with E-state index in [0.29, 0.717) is 36.0 Å². The Balaban J connectivity index is 0.00000274. The summed E-state index contributed by atoms with van der Waals surface area (Å²) < 4.78 is 5.77. The van der Waals surface area contributed by atoms with Crippen molar-refractivity contribution in [2.24, 2.45) is 0 Å². The highest BCUT2D eigenvalue weighted by atomic mass is 16.5. The van der Waals surface area contributed by atoms with E-state index in [1.165, 1.54) is 0 Å². The van der Waals surface area contributed by atoms with Crippen LogP contribution in [0.4, 0.5) is 17.2 Å². The molecule has 0 bridgehead atoms. The maximum absolute atomic E-state index is 12.4. The van der Waals surface area contributed by atoms with Crippen LogP contribution in [-0.4, -0.2) is 53.4 Å². The molecule has 3 aromatic rings. The fourth-order valence-corrected chi connectivity index (χ4v) is 4.28. The molecule has 5 rings (SSSR count). The van der Waals surface area contributed by atoms with Crippen LogP contribution in [0.2, 0.25) is 0 Å². The van der Waals surface area contributed by atoms with E-state index in [4.69, 9.17) is 4.74 Å². The number of nitrogens with one attached hydrogen (secondary N) is 1. The lowest BCUT2D eigenvalue weighted by molar-refractivity contribution is -0.117. The van der Waals surface area contributed by atoms with Gasteiger partial charge in [0, 0.05) is 51.7 Å². The average Bonchev–Trinajstić information content (AvgIpc) is 3.09. The highest BCUT2D eigenvalue weighted by molar-refractivity contribution is 5.98. The molecule has 8 nitrogen and oxygen atoms in total. The summed E-state index contributed by atoms with van der Waals surface area (Å²) in [4.78, 5) is 36.9. The Morgan fingerprint density at radius 1 is 1.09 bits per heavy atom. The Kier molecular flexibility index (Phi) is 5.42. The van der Waals surface area contributed by atoms with Crippen LogP contribution < -0.4 is 15.0 Å². The van der Waals surface area contributed by atoms with E-state index in [2.05, 4.69) is 15.3 Å². The topological polar surface area (TPSA) is 87.7 Å². The molecular weight excluding hydrogens is 418 g/mol. The molecule has 1 saturated heterocycles. The molecule has 2 amide bonds. The molecule has 0 saturated carbocycles. The molecule has 0 spiro atoms. The van der Waals surface area contributed by atoms with E-state index in [-0.39, 0.29) is 19.3 Å². The molecule has 2 aromatic heterocycles. The second kappa shape index (κ2) is 8.54. The summed E-state index contributed by atoms with van der Waals surface area (Å²) in [7, 11) is 3.47. The van der Waals surface area contributed by atoms with Crippen LogP contribution in [0.15, 0.2) is 54.9 Å². The molecule has 1 N–H and O–H groups in total. The first-order valence-corrected chi connectivity index (χ1v) is 11.0. The van der Waals surface area contributed by atoms with E-state index >= 15 is 0 Å². The third-order valence-corrected chi connectivity index (χ3v) is 6.01. The van der Waals surface area contributed by atoms with E-state index in [1.54, 1.807) is 31.4 Å². The van der Waals surface area contributed by atoms with E-state index in [1.807, 2.05) is 47.4 Å². The van der Waals surface area contributed by atoms with Gasteiger partial charge in [0.05, 0.1) is 18.5 Å². The number of carbonyl (C=O) groups is 2. The van der Waals surface area contributed by atoms with Gasteiger partial charge in [-0.3, -0.25) is 9.59 Å². The van der Waals surface area contributed by atoms with E-state index in [0.717, 1.165) is 29.7 Å². The van der Waals surface area contributed by atoms with Gasteiger partial charge in [0.2, 0.25) is 11.8 Å². The van der Waals surface area contributed by atoms with Crippen LogP contribution in [0.3, 0.4) is 0 Å². The molecule has 2 aliphatic rings. The number of anilines is 3. The zero-order valence-corrected chi connectivity index (χ0v) is 18.6. The van der Waals surface area contributed by atoms with Gasteiger partial charge in [-0.15, -0.1) is 0 Å². The normalized spacial score (nSPS) is 17.0. The van der Waals surface area contributed by atoms with E-state index in [9.17, 15) is 9.59 Å². The molecule has 0 aliphatic carbocycles. The van der Waals surface area contributed by atoms with Gasteiger partial charge in [-0.05, 0) is 42.3 Å². The maximum atomic E-state index is 12.4. The standard InChI is InChI=1S/C25H25N5O3.H2/c1-29(2)25(32)17-5-3-16(4-6-17)18-7-9-22(26-14-18)28-19-13-21-24(27-15-19)33-12-11-20-8-10-23(31)30(20)21;/h3-7,9,13-15,20H,8,10-12H2,1-2H3,(H,26,28);1H/t20-;/m0./s1. The lowest BCUT2D eigenvalue weighted by Crippen LogP contribution is -2.32. The summed E-state index contributed by atoms with van der Waals surface area (Å²) >= 11 is 0. The number of rotatable bonds is 4. The van der Waals surface area contributed by atoms with Crippen molar-refractivity contribution in [2.45, 2.75) is 25.3 Å². The highest BCUT2D eigenvalue weighted by Gasteiger charge is 2.36. The number of pyridine rings is 2. The predicted octanol–water partition coefficient (Wildman–Crippen LogP) is 4.11. The van der Waals surface area contributed by atoms with Gasteiger partial charge < -0.3 is 19.9 Å². The third-order valence-electron chi connectivity index (χ3n) is 6.01. The van der Waals surface area contributed by atoms with Crippen molar-refractivity contribution in [3.05, 3.63) is 60.4 Å². The van der Waals surface area contributed by atoms with Crippen LogP contribution >= 0.6 is 0 Å². The zero-order chi connectivity index (χ0) is 22.9. The van der Waals surface area contributed by atoms with Gasteiger partial charge >= 0.3 is 0 Å². The van der Waals surface area contributed by atoms with Crippen LogP contribution in [0.5, 0.6) is 5.88 Å². The largest absolute Gasteiger partial charge is 0.476 e. The van der Waals surface area contributed by atoms with Crippen LogP contribution in [0, 0.1) is 0 Å². The lowest BCUT2D eigenvalue weighted by Gasteiger charge is -2.22. The first kappa shape index (κ1) is 20.9. The number of amides is 2. The number of hydrogen-bond donors (Lipinski definition) is 1. The molecule has 2 aliphatic heterocycles. The molecule has 8 heteroatoms. The van der Waals surface area contributed by atoms with Crippen molar-refractivity contribution < 1.29 is 15.8 Å². The number of nitrogens with zero attached hydrogens (tertiary/aromatic N) is 4. The SMILES string of the molecule is CN(C)C(=O)c1ccc(-c2ccc(Nc3cnc4c(c3)N3C(=O)CC[C@H]3CCO4)nc2)cc1.[HH]. The molecule has 0 radical (unpaired) electrons. The number of aromatic nitrogens is 2. The monoisotopic (exact) mass is 445 g/mol. The summed E-state index contributed by atoms with van der Waals surface area (Å²) in [5.74, 6) is 1.25. The van der Waals surface area contributed by atoms with Crippen molar-refractivity contribution in [1.29, 1.82) is 0 Å². The van der Waals surface area contributed by atoms with Crippen LogP contribution in [0.25, 0.3) is 11.1 Å². The quantitative estimate of drug-likeness (QED) is 0.650. The Hall–Kier alpha value is -3.94. The second-order valence-electron chi connectivity index (χ2n) is 8.48. The molecule has 33 heavy (non-hydrogen) atoms. The van der Waals surface area contributed by atoms with E-state index < -0.39 is 0 Å². The zero-order valence-electron chi connectivity index (χ0n) is 18.6. The summed E-state index contributed by atoms with van der Waals surface area (Å²) in [6, 6.07) is 13.4. The predicted molar refractivity (Wildman–Crippen MR) is 128 cm³/mol. The minimum Gasteiger partial charge on any atom is -0.476 e.